The summed E-state index contributed by atoms with van der Waals surface area (Å²) in [7, 11) is 1.29. The van der Waals surface area contributed by atoms with Gasteiger partial charge in [-0.25, -0.2) is 9.59 Å². The van der Waals surface area contributed by atoms with Crippen molar-refractivity contribution in [2.75, 3.05) is 40.0 Å². The van der Waals surface area contributed by atoms with Crippen LogP contribution in [0.1, 0.15) is 25.3 Å². The average Bonchev–Trinajstić information content (AvgIpc) is 2.79. The molecule has 0 saturated heterocycles. The number of hydrogen-bond donors (Lipinski definition) is 4. The Morgan fingerprint density at radius 1 is 1.15 bits per heavy atom. The number of carbonyl (C=O) groups excluding carboxylic acids is 2. The molecule has 0 spiro atoms. The number of benzene rings is 1. The van der Waals surface area contributed by atoms with Crippen molar-refractivity contribution in [1.82, 2.24) is 5.32 Å². The molecule has 0 aliphatic carbocycles. The smallest absolute Gasteiger partial charge is 0.336 e. The molecule has 1 atom stereocenters. The normalized spacial score (nSPS) is 15.3. The summed E-state index contributed by atoms with van der Waals surface area (Å²) in [6, 6.07) is 7.05. The molecule has 1 aliphatic heterocycles. The van der Waals surface area contributed by atoms with Crippen LogP contribution in [0.4, 0.5) is 0 Å². The van der Waals surface area contributed by atoms with Crippen molar-refractivity contribution in [3.63, 3.8) is 0 Å². The summed E-state index contributed by atoms with van der Waals surface area (Å²) >= 11 is 6.42. The zero-order valence-corrected chi connectivity index (χ0v) is 19.6. The monoisotopic (exact) mass is 483 g/mol. The van der Waals surface area contributed by atoms with Gasteiger partial charge in [-0.2, -0.15) is 0 Å². The fourth-order valence-corrected chi connectivity index (χ4v) is 3.36. The predicted octanol–water partition coefficient (Wildman–Crippen LogP) is 1.30. The summed E-state index contributed by atoms with van der Waals surface area (Å²) in [4.78, 5) is 34.7. The van der Waals surface area contributed by atoms with Gasteiger partial charge in [0.05, 0.1) is 56.2 Å². The molecule has 182 valence electrons. The Morgan fingerprint density at radius 3 is 2.30 bits per heavy atom. The van der Waals surface area contributed by atoms with E-state index in [1.807, 2.05) is 0 Å². The highest BCUT2D eigenvalue weighted by Gasteiger charge is 2.39. The third-order valence-corrected chi connectivity index (χ3v) is 4.79. The summed E-state index contributed by atoms with van der Waals surface area (Å²) in [5, 5.41) is 11.1. The minimum absolute atomic E-state index is 0.109. The highest BCUT2D eigenvalue weighted by molar-refractivity contribution is 6.31. The van der Waals surface area contributed by atoms with E-state index in [1.54, 1.807) is 38.1 Å². The van der Waals surface area contributed by atoms with Crippen LogP contribution in [0.25, 0.3) is 0 Å². The van der Waals surface area contributed by atoms with Crippen LogP contribution in [-0.4, -0.2) is 63.0 Å². The first-order valence-corrected chi connectivity index (χ1v) is 10.5. The Labute approximate surface area is 197 Å². The quantitative estimate of drug-likeness (QED) is 0.297. The Balaban J connectivity index is 0.000000981. The lowest BCUT2D eigenvalue weighted by molar-refractivity contribution is -0.139. The van der Waals surface area contributed by atoms with Gasteiger partial charge in [0.25, 0.3) is 0 Å². The van der Waals surface area contributed by atoms with Gasteiger partial charge >= 0.3 is 17.9 Å². The van der Waals surface area contributed by atoms with Gasteiger partial charge < -0.3 is 36.1 Å². The number of carboxylic acids is 1. The third-order valence-electron chi connectivity index (χ3n) is 4.44. The SMILES string of the molecule is CCOC(=O)C1=C(COCCN)NC(C)=C(C(=O)OC)C1c1ccccc1Cl.NCC(=O)O. The first kappa shape index (κ1) is 28.1. The molecule has 1 aromatic rings. The van der Waals surface area contributed by atoms with E-state index in [0.29, 0.717) is 40.7 Å². The van der Waals surface area contributed by atoms with Gasteiger partial charge in [0.15, 0.2) is 0 Å². The minimum Gasteiger partial charge on any atom is -0.480 e. The lowest BCUT2D eigenvalue weighted by Gasteiger charge is -2.31. The van der Waals surface area contributed by atoms with Gasteiger partial charge in [-0.1, -0.05) is 29.8 Å². The number of rotatable bonds is 9. The van der Waals surface area contributed by atoms with Crippen molar-refractivity contribution in [3.8, 4) is 0 Å². The van der Waals surface area contributed by atoms with Crippen LogP contribution in [0.5, 0.6) is 0 Å². The summed E-state index contributed by atoms with van der Waals surface area (Å²) in [5.74, 6) is -2.83. The molecule has 0 saturated carbocycles. The lowest BCUT2D eigenvalue weighted by Crippen LogP contribution is -2.35. The minimum atomic E-state index is -0.968. The maximum absolute atomic E-state index is 12.9. The highest BCUT2D eigenvalue weighted by Crippen LogP contribution is 2.41. The lowest BCUT2D eigenvalue weighted by atomic mass is 9.80. The highest BCUT2D eigenvalue weighted by atomic mass is 35.5. The molecule has 10 nitrogen and oxygen atoms in total. The number of nitrogens with two attached hydrogens (primary N) is 2. The van der Waals surface area contributed by atoms with Crippen molar-refractivity contribution in [2.45, 2.75) is 19.8 Å². The third kappa shape index (κ3) is 7.86. The molecule has 0 aromatic heterocycles. The molecule has 0 amide bonds. The van der Waals surface area contributed by atoms with Crippen molar-refractivity contribution in [3.05, 3.63) is 57.4 Å². The van der Waals surface area contributed by atoms with Crippen molar-refractivity contribution < 1.29 is 33.7 Å². The maximum Gasteiger partial charge on any atom is 0.336 e. The molecule has 0 radical (unpaired) electrons. The van der Waals surface area contributed by atoms with Crippen LogP contribution in [0, 0.1) is 0 Å². The van der Waals surface area contributed by atoms with Crippen LogP contribution in [0.3, 0.4) is 0 Å². The predicted molar refractivity (Wildman–Crippen MR) is 122 cm³/mol. The Morgan fingerprint density at radius 2 is 1.79 bits per heavy atom. The van der Waals surface area contributed by atoms with E-state index < -0.39 is 23.8 Å². The zero-order valence-electron chi connectivity index (χ0n) is 18.9. The number of methoxy groups -OCH3 is 1. The molecular formula is C22H30ClN3O7. The standard InChI is InChI=1S/C20H25ClN2O5.C2H5NO2/c1-4-28-20(25)18-15(11-27-10-9-22)23-12(2)16(19(24)26-3)17(18)13-7-5-6-8-14(13)21;3-1-2(4)5/h5-8,17,23H,4,9-11,22H2,1-3H3;1,3H2,(H,4,5). The molecule has 6 N–H and O–H groups in total. The second-order valence-electron chi connectivity index (χ2n) is 6.66. The summed E-state index contributed by atoms with van der Waals surface area (Å²) in [5.41, 5.74) is 12.3. The number of allylic oxidation sites excluding steroid dienone is 1. The van der Waals surface area contributed by atoms with Crippen molar-refractivity contribution in [2.24, 2.45) is 11.5 Å². The number of nitrogens with one attached hydrogen (secondary N) is 1. The van der Waals surface area contributed by atoms with Crippen LogP contribution in [0.2, 0.25) is 5.02 Å². The largest absolute Gasteiger partial charge is 0.480 e. The number of hydrogen-bond acceptors (Lipinski definition) is 9. The Hall–Kier alpha value is -2.92. The van der Waals surface area contributed by atoms with E-state index in [-0.39, 0.29) is 25.3 Å². The molecular weight excluding hydrogens is 454 g/mol. The zero-order chi connectivity index (χ0) is 25.0. The molecule has 1 heterocycles. The second kappa shape index (κ2) is 14.3. The molecule has 1 aromatic carbocycles. The van der Waals surface area contributed by atoms with E-state index >= 15 is 0 Å². The number of carbonyl (C=O) groups is 3. The van der Waals surface area contributed by atoms with Crippen LogP contribution >= 0.6 is 11.6 Å². The van der Waals surface area contributed by atoms with E-state index in [4.69, 9.17) is 36.7 Å². The number of esters is 2. The second-order valence-corrected chi connectivity index (χ2v) is 7.07. The van der Waals surface area contributed by atoms with Gasteiger partial charge in [0.2, 0.25) is 0 Å². The molecule has 1 aliphatic rings. The molecule has 2 rings (SSSR count). The molecule has 0 bridgehead atoms. The summed E-state index contributed by atoms with van der Waals surface area (Å²) < 4.78 is 15.8. The molecule has 33 heavy (non-hydrogen) atoms. The van der Waals surface area contributed by atoms with Gasteiger partial charge in [-0.15, -0.1) is 0 Å². The molecule has 1 unspecified atom stereocenters. The van der Waals surface area contributed by atoms with Crippen LogP contribution in [-0.2, 0) is 28.6 Å². The number of halogens is 1. The van der Waals surface area contributed by atoms with Gasteiger partial charge in [-0.05, 0) is 25.5 Å². The van der Waals surface area contributed by atoms with Gasteiger partial charge in [0, 0.05) is 17.3 Å². The topological polar surface area (TPSA) is 163 Å². The van der Waals surface area contributed by atoms with Crippen LogP contribution in [0.15, 0.2) is 46.8 Å². The van der Waals surface area contributed by atoms with E-state index in [1.165, 1.54) is 7.11 Å². The number of ether oxygens (including phenoxy) is 3. The van der Waals surface area contributed by atoms with E-state index in [9.17, 15) is 14.4 Å². The first-order valence-electron chi connectivity index (χ1n) is 10.1. The average molecular weight is 484 g/mol. The summed E-state index contributed by atoms with van der Waals surface area (Å²) in [6.45, 7) is 4.14. The summed E-state index contributed by atoms with van der Waals surface area (Å²) in [6.07, 6.45) is 0. The number of aliphatic carboxylic acids is 1. The van der Waals surface area contributed by atoms with Crippen molar-refractivity contribution in [1.29, 1.82) is 0 Å². The number of carboxylic acid groups (broad SMARTS) is 1. The van der Waals surface area contributed by atoms with Crippen molar-refractivity contribution >= 4 is 29.5 Å². The maximum atomic E-state index is 12.9. The fourth-order valence-electron chi connectivity index (χ4n) is 3.12. The van der Waals surface area contributed by atoms with Gasteiger partial charge in [-0.3, -0.25) is 4.79 Å². The Kier molecular flexibility index (Phi) is 12.2. The van der Waals surface area contributed by atoms with E-state index in [0.717, 1.165) is 0 Å². The Bertz CT molecular complexity index is 915. The number of dihydropyridines is 1. The van der Waals surface area contributed by atoms with E-state index in [2.05, 4.69) is 11.1 Å². The molecule has 0 fully saturated rings. The van der Waals surface area contributed by atoms with Gasteiger partial charge in [0.1, 0.15) is 0 Å². The van der Waals surface area contributed by atoms with Crippen LogP contribution < -0.4 is 16.8 Å². The fraction of sp³-hybridized carbons (Fsp3) is 0.409. The molecule has 11 heteroatoms. The first-order chi connectivity index (χ1) is 15.7.